The molecule has 0 saturated carbocycles. The lowest BCUT2D eigenvalue weighted by molar-refractivity contribution is 1.49. The normalized spacial score (nSPS) is 10.5. The van der Waals surface area contributed by atoms with Crippen LogP contribution in [0.25, 0.3) is 0 Å². The molecule has 0 amide bonds. The second-order valence-corrected chi connectivity index (χ2v) is 4.28. The summed E-state index contributed by atoms with van der Waals surface area (Å²) >= 11 is 0. The van der Waals surface area contributed by atoms with Gasteiger partial charge in [-0.15, -0.1) is 12.3 Å². The third kappa shape index (κ3) is 1.85. The van der Waals surface area contributed by atoms with E-state index in [9.17, 15) is 0 Å². The van der Waals surface area contributed by atoms with Crippen molar-refractivity contribution in [3.63, 3.8) is 0 Å². The molecule has 0 spiro atoms. The third-order valence-corrected chi connectivity index (χ3v) is 2.73. The van der Waals surface area contributed by atoms with Crippen molar-refractivity contribution in [1.82, 2.24) is 0 Å². The van der Waals surface area contributed by atoms with Gasteiger partial charge in [-0.25, -0.2) is 0 Å². The molecule has 1 heteroatoms. The zero-order valence-corrected chi connectivity index (χ0v) is 7.72. The van der Waals surface area contributed by atoms with Gasteiger partial charge >= 0.3 is 0 Å². The van der Waals surface area contributed by atoms with Crippen molar-refractivity contribution in [2.75, 3.05) is 0 Å². The molecular formula is C9H12Si. The van der Waals surface area contributed by atoms with E-state index in [1.54, 1.807) is 0 Å². The van der Waals surface area contributed by atoms with E-state index in [0.717, 1.165) is 0 Å². The lowest BCUT2D eigenvalue weighted by Gasteiger charge is -1.94. The van der Waals surface area contributed by atoms with E-state index in [1.807, 2.05) is 0 Å². The molecule has 0 unspecified atom stereocenters. The standard InChI is InChI=1S/C9H12Si/c1-3-10-9-6-4-8(2)5-7-9/h3-7H,1,10H2,2H3. The molecule has 52 valence electrons. The van der Waals surface area contributed by atoms with Crippen LogP contribution in [-0.2, 0) is 0 Å². The Bertz CT molecular complexity index is 211. The molecule has 0 radical (unpaired) electrons. The number of rotatable bonds is 2. The van der Waals surface area contributed by atoms with E-state index in [-0.39, 0.29) is 9.52 Å². The Hall–Kier alpha value is -0.823. The quantitative estimate of drug-likeness (QED) is 0.547. The molecule has 10 heavy (non-hydrogen) atoms. The van der Waals surface area contributed by atoms with E-state index in [2.05, 4.69) is 43.5 Å². The van der Waals surface area contributed by atoms with Gasteiger partial charge in [-0.05, 0) is 6.92 Å². The second kappa shape index (κ2) is 3.37. The largest absolute Gasteiger partial charge is 0.107 e. The van der Waals surface area contributed by atoms with E-state index in [0.29, 0.717) is 0 Å². The molecule has 0 heterocycles. The van der Waals surface area contributed by atoms with Gasteiger partial charge < -0.3 is 0 Å². The smallest absolute Gasteiger partial charge is 0.0775 e. The Balaban J connectivity index is 2.78. The third-order valence-electron chi connectivity index (χ3n) is 1.50. The highest BCUT2D eigenvalue weighted by Gasteiger charge is 1.87. The maximum absolute atomic E-state index is 3.74. The molecule has 0 aromatic heterocycles. The average Bonchev–Trinajstić information content (AvgIpc) is 1.95. The van der Waals surface area contributed by atoms with Gasteiger partial charge in [0.2, 0.25) is 0 Å². The Morgan fingerprint density at radius 3 is 2.40 bits per heavy atom. The number of benzene rings is 1. The van der Waals surface area contributed by atoms with E-state index >= 15 is 0 Å². The molecule has 0 bridgehead atoms. The second-order valence-electron chi connectivity index (χ2n) is 2.48. The molecule has 0 saturated heterocycles. The van der Waals surface area contributed by atoms with Crippen molar-refractivity contribution in [1.29, 1.82) is 0 Å². The molecule has 0 fully saturated rings. The van der Waals surface area contributed by atoms with Crippen LogP contribution in [0.15, 0.2) is 36.5 Å². The van der Waals surface area contributed by atoms with Crippen molar-refractivity contribution >= 4 is 14.7 Å². The van der Waals surface area contributed by atoms with Crippen LogP contribution in [0.4, 0.5) is 0 Å². The van der Waals surface area contributed by atoms with Crippen LogP contribution >= 0.6 is 0 Å². The highest BCUT2D eigenvalue weighted by Crippen LogP contribution is 1.91. The first-order chi connectivity index (χ1) is 4.83. The minimum atomic E-state index is -0.153. The highest BCUT2D eigenvalue weighted by molar-refractivity contribution is 6.58. The van der Waals surface area contributed by atoms with Gasteiger partial charge in [-0.2, -0.15) is 0 Å². The summed E-state index contributed by atoms with van der Waals surface area (Å²) in [5.74, 6) is 0. The van der Waals surface area contributed by atoms with Crippen molar-refractivity contribution in [2.45, 2.75) is 6.92 Å². The monoisotopic (exact) mass is 148 g/mol. The zero-order valence-electron chi connectivity index (χ0n) is 6.30. The van der Waals surface area contributed by atoms with Crippen molar-refractivity contribution < 1.29 is 0 Å². The van der Waals surface area contributed by atoms with Gasteiger partial charge in [0, 0.05) is 0 Å². The summed E-state index contributed by atoms with van der Waals surface area (Å²) in [6.45, 7) is 5.85. The first-order valence-electron chi connectivity index (χ1n) is 3.49. The van der Waals surface area contributed by atoms with Gasteiger partial charge in [-0.1, -0.05) is 35.0 Å². The summed E-state index contributed by atoms with van der Waals surface area (Å²) in [4.78, 5) is 0. The molecule has 1 aromatic carbocycles. The summed E-state index contributed by atoms with van der Waals surface area (Å²) in [7, 11) is -0.153. The summed E-state index contributed by atoms with van der Waals surface area (Å²) in [6, 6.07) is 8.71. The predicted octanol–water partition coefficient (Wildman–Crippen LogP) is 0.933. The number of aryl methyl sites for hydroxylation is 1. The highest BCUT2D eigenvalue weighted by atomic mass is 28.2. The molecule has 0 aliphatic heterocycles. The molecule has 0 nitrogen and oxygen atoms in total. The molecule has 0 aliphatic carbocycles. The minimum Gasteiger partial charge on any atom is -0.107 e. The average molecular weight is 148 g/mol. The lowest BCUT2D eigenvalue weighted by Crippen LogP contribution is -2.10. The van der Waals surface area contributed by atoms with Crippen LogP contribution in [0.5, 0.6) is 0 Å². The Labute approximate surface area is 64.4 Å². The Morgan fingerprint density at radius 1 is 1.30 bits per heavy atom. The lowest BCUT2D eigenvalue weighted by atomic mass is 10.2. The van der Waals surface area contributed by atoms with Crippen LogP contribution in [0.1, 0.15) is 5.56 Å². The fourth-order valence-corrected chi connectivity index (χ4v) is 1.73. The fourth-order valence-electron chi connectivity index (χ4n) is 0.891. The van der Waals surface area contributed by atoms with Crippen molar-refractivity contribution in [2.24, 2.45) is 0 Å². The van der Waals surface area contributed by atoms with Gasteiger partial charge in [0.1, 0.15) is 0 Å². The topological polar surface area (TPSA) is 0 Å². The molecule has 1 aromatic rings. The van der Waals surface area contributed by atoms with E-state index in [1.165, 1.54) is 10.8 Å². The predicted molar refractivity (Wildman–Crippen MR) is 49.6 cm³/mol. The van der Waals surface area contributed by atoms with Gasteiger partial charge in [-0.3, -0.25) is 0 Å². The minimum absolute atomic E-state index is 0.153. The summed E-state index contributed by atoms with van der Waals surface area (Å²) < 4.78 is 0. The molecular weight excluding hydrogens is 136 g/mol. The van der Waals surface area contributed by atoms with Crippen LogP contribution in [0.2, 0.25) is 0 Å². The first kappa shape index (κ1) is 7.29. The first-order valence-corrected chi connectivity index (χ1v) is 5.02. The molecule has 0 atom stereocenters. The SMILES string of the molecule is C=C[SiH2]c1ccc(C)cc1. The van der Waals surface area contributed by atoms with Crippen LogP contribution < -0.4 is 5.19 Å². The maximum atomic E-state index is 3.74. The van der Waals surface area contributed by atoms with Crippen molar-refractivity contribution in [3.05, 3.63) is 42.1 Å². The van der Waals surface area contributed by atoms with Crippen molar-refractivity contribution in [3.8, 4) is 0 Å². The number of hydrogen-bond acceptors (Lipinski definition) is 0. The van der Waals surface area contributed by atoms with Gasteiger partial charge in [0.15, 0.2) is 0 Å². The van der Waals surface area contributed by atoms with Gasteiger partial charge in [0.25, 0.3) is 0 Å². The fraction of sp³-hybridized carbons (Fsp3) is 0.111. The summed E-state index contributed by atoms with van der Waals surface area (Å²) in [5, 5.41) is 1.47. The van der Waals surface area contributed by atoms with Crippen LogP contribution in [0.3, 0.4) is 0 Å². The van der Waals surface area contributed by atoms with E-state index < -0.39 is 0 Å². The molecule has 1 rings (SSSR count). The Morgan fingerprint density at radius 2 is 1.90 bits per heavy atom. The number of hydrogen-bond donors (Lipinski definition) is 0. The zero-order chi connectivity index (χ0) is 7.40. The molecule has 0 N–H and O–H groups in total. The van der Waals surface area contributed by atoms with E-state index in [4.69, 9.17) is 0 Å². The van der Waals surface area contributed by atoms with Gasteiger partial charge in [0.05, 0.1) is 9.52 Å². The Kier molecular flexibility index (Phi) is 2.46. The maximum Gasteiger partial charge on any atom is 0.0775 e. The van der Waals surface area contributed by atoms with Crippen LogP contribution in [0, 0.1) is 6.92 Å². The van der Waals surface area contributed by atoms with Crippen LogP contribution in [-0.4, -0.2) is 9.52 Å². The summed E-state index contributed by atoms with van der Waals surface area (Å²) in [5.41, 5.74) is 3.40. The summed E-state index contributed by atoms with van der Waals surface area (Å²) in [6.07, 6.45) is 0. The molecule has 0 aliphatic rings.